The highest BCUT2D eigenvalue weighted by molar-refractivity contribution is 6.27. The molecule has 1 aliphatic rings. The normalized spacial score (nSPS) is 13.6. The van der Waals surface area contributed by atoms with Gasteiger partial charge in [-0.15, -0.1) is 0 Å². The van der Waals surface area contributed by atoms with Crippen molar-refractivity contribution >= 4 is 43.8 Å². The first-order valence-electron chi connectivity index (χ1n) is 14.4. The van der Waals surface area contributed by atoms with Gasteiger partial charge in [0.1, 0.15) is 0 Å². The number of hydrogen-bond acceptors (Lipinski definition) is 3. The van der Waals surface area contributed by atoms with Crippen molar-refractivity contribution in [2.24, 2.45) is 0 Å². The molecule has 42 heavy (non-hydrogen) atoms. The molecule has 0 saturated heterocycles. The second-order valence-corrected chi connectivity index (χ2v) is 10.8. The monoisotopic (exact) mass is 539 g/mol. The molecule has 0 saturated carbocycles. The minimum Gasteiger partial charge on any atom is -0.309 e. The van der Waals surface area contributed by atoms with E-state index in [0.29, 0.717) is 17.6 Å². The molecular formula is C37H25N5. The quantitative estimate of drug-likeness (QED) is 0.210. The molecule has 4 aromatic heterocycles. The first-order valence-corrected chi connectivity index (χ1v) is 14.4. The molecule has 0 radical (unpaired) electrons. The molecule has 0 N–H and O–H groups in total. The Morgan fingerprint density at radius 2 is 1.24 bits per heavy atom. The molecule has 4 heterocycles. The minimum absolute atomic E-state index is 0.628. The fraction of sp³-hybridized carbons (Fsp3) is 0.0541. The highest BCUT2D eigenvalue weighted by Crippen LogP contribution is 2.42. The lowest BCUT2D eigenvalue weighted by atomic mass is 10.0. The average Bonchev–Trinajstić information content (AvgIpc) is 3.67. The lowest BCUT2D eigenvalue weighted by Gasteiger charge is -2.12. The van der Waals surface area contributed by atoms with Gasteiger partial charge in [-0.25, -0.2) is 4.98 Å². The third kappa shape index (κ3) is 3.34. The Morgan fingerprint density at radius 1 is 0.524 bits per heavy atom. The summed E-state index contributed by atoms with van der Waals surface area (Å²) in [6.07, 6.45) is 8.57. The summed E-state index contributed by atoms with van der Waals surface area (Å²) in [7, 11) is 0. The molecule has 0 amide bonds. The molecule has 0 unspecified atom stereocenters. The zero-order chi connectivity index (χ0) is 27.6. The SMILES string of the molecule is C1=CC(c2nc(-c3ccccc3)nc(-n3c4cccc5c4c4c3cccc4n3c(-c4ccccc4)ccc53)n2)=CCC1. The van der Waals surface area contributed by atoms with Crippen LogP contribution in [0.3, 0.4) is 0 Å². The van der Waals surface area contributed by atoms with Gasteiger partial charge in [0, 0.05) is 27.3 Å². The molecule has 5 nitrogen and oxygen atoms in total. The molecule has 0 atom stereocenters. The second-order valence-electron chi connectivity index (χ2n) is 10.8. The van der Waals surface area contributed by atoms with Crippen molar-refractivity contribution < 1.29 is 0 Å². The van der Waals surface area contributed by atoms with Gasteiger partial charge in [0.15, 0.2) is 11.6 Å². The maximum Gasteiger partial charge on any atom is 0.238 e. The largest absolute Gasteiger partial charge is 0.309 e. The Labute approximate surface area is 242 Å². The van der Waals surface area contributed by atoms with Crippen molar-refractivity contribution in [3.05, 3.63) is 133 Å². The van der Waals surface area contributed by atoms with Gasteiger partial charge in [0.2, 0.25) is 5.95 Å². The van der Waals surface area contributed by atoms with Gasteiger partial charge in [-0.3, -0.25) is 4.57 Å². The van der Waals surface area contributed by atoms with Crippen molar-refractivity contribution in [2.45, 2.75) is 12.8 Å². The molecule has 0 bridgehead atoms. The van der Waals surface area contributed by atoms with Crippen LogP contribution in [0.1, 0.15) is 18.7 Å². The molecule has 0 aliphatic heterocycles. The number of benzene rings is 4. The van der Waals surface area contributed by atoms with E-state index in [1.54, 1.807) is 0 Å². The van der Waals surface area contributed by atoms with E-state index < -0.39 is 0 Å². The van der Waals surface area contributed by atoms with E-state index in [9.17, 15) is 0 Å². The van der Waals surface area contributed by atoms with Crippen LogP contribution < -0.4 is 0 Å². The predicted molar refractivity (Wildman–Crippen MR) is 171 cm³/mol. The number of pyridine rings is 1. The van der Waals surface area contributed by atoms with Crippen molar-refractivity contribution in [3.8, 4) is 28.6 Å². The van der Waals surface area contributed by atoms with Gasteiger partial charge >= 0.3 is 0 Å². The molecule has 1 aliphatic carbocycles. The topological polar surface area (TPSA) is 48.0 Å². The number of hydrogen-bond donors (Lipinski definition) is 0. The Bertz CT molecular complexity index is 2340. The van der Waals surface area contributed by atoms with Crippen LogP contribution in [-0.4, -0.2) is 23.9 Å². The third-order valence-corrected chi connectivity index (χ3v) is 8.37. The van der Waals surface area contributed by atoms with Crippen LogP contribution in [0.2, 0.25) is 0 Å². The van der Waals surface area contributed by atoms with Crippen LogP contribution in [0.25, 0.3) is 72.4 Å². The molecule has 0 spiro atoms. The summed E-state index contributed by atoms with van der Waals surface area (Å²) in [6, 6.07) is 38.4. The van der Waals surface area contributed by atoms with Crippen LogP contribution >= 0.6 is 0 Å². The van der Waals surface area contributed by atoms with E-state index in [1.165, 1.54) is 38.4 Å². The fourth-order valence-corrected chi connectivity index (χ4v) is 6.54. The van der Waals surface area contributed by atoms with Crippen LogP contribution in [0.5, 0.6) is 0 Å². The molecule has 0 fully saturated rings. The van der Waals surface area contributed by atoms with E-state index in [1.807, 2.05) is 18.2 Å². The van der Waals surface area contributed by atoms with Gasteiger partial charge in [-0.2, -0.15) is 9.97 Å². The maximum atomic E-state index is 5.12. The average molecular weight is 540 g/mol. The van der Waals surface area contributed by atoms with Crippen molar-refractivity contribution in [1.82, 2.24) is 23.9 Å². The summed E-state index contributed by atoms with van der Waals surface area (Å²) in [4.78, 5) is 15.2. The molecular weight excluding hydrogens is 514 g/mol. The van der Waals surface area contributed by atoms with Crippen molar-refractivity contribution in [1.29, 1.82) is 0 Å². The summed E-state index contributed by atoms with van der Waals surface area (Å²) in [6.45, 7) is 0. The van der Waals surface area contributed by atoms with E-state index in [-0.39, 0.29) is 0 Å². The van der Waals surface area contributed by atoms with Gasteiger partial charge in [0.05, 0.1) is 27.8 Å². The Morgan fingerprint density at radius 3 is 2.02 bits per heavy atom. The summed E-state index contributed by atoms with van der Waals surface area (Å²) < 4.78 is 4.62. The summed E-state index contributed by atoms with van der Waals surface area (Å²) in [5.41, 5.74) is 8.91. The first kappa shape index (κ1) is 23.2. The van der Waals surface area contributed by atoms with Crippen LogP contribution in [0, 0.1) is 0 Å². The van der Waals surface area contributed by atoms with Crippen LogP contribution in [-0.2, 0) is 0 Å². The Kier molecular flexibility index (Phi) is 4.96. The minimum atomic E-state index is 0.628. The van der Waals surface area contributed by atoms with Gasteiger partial charge in [-0.05, 0) is 48.7 Å². The van der Waals surface area contributed by atoms with Gasteiger partial charge < -0.3 is 4.40 Å². The highest BCUT2D eigenvalue weighted by atomic mass is 15.2. The summed E-state index contributed by atoms with van der Waals surface area (Å²) >= 11 is 0. The van der Waals surface area contributed by atoms with E-state index in [2.05, 4.69) is 118 Å². The third-order valence-electron chi connectivity index (χ3n) is 8.37. The van der Waals surface area contributed by atoms with Crippen LogP contribution in [0.4, 0.5) is 0 Å². The molecule has 4 aromatic carbocycles. The number of nitrogens with zero attached hydrogens (tertiary/aromatic N) is 5. The number of fused-ring (bicyclic) bond motifs is 3. The lowest BCUT2D eigenvalue weighted by Crippen LogP contribution is -2.08. The van der Waals surface area contributed by atoms with E-state index in [4.69, 9.17) is 15.0 Å². The Balaban J connectivity index is 1.39. The van der Waals surface area contributed by atoms with Crippen molar-refractivity contribution in [3.63, 3.8) is 0 Å². The predicted octanol–water partition coefficient (Wildman–Crippen LogP) is 8.88. The molecule has 8 aromatic rings. The molecule has 5 heteroatoms. The second kappa shape index (κ2) is 8.98. The number of aromatic nitrogens is 5. The van der Waals surface area contributed by atoms with E-state index in [0.717, 1.165) is 35.0 Å². The Hall–Kier alpha value is -5.55. The number of rotatable bonds is 4. The van der Waals surface area contributed by atoms with Crippen molar-refractivity contribution in [2.75, 3.05) is 0 Å². The van der Waals surface area contributed by atoms with E-state index >= 15 is 0 Å². The van der Waals surface area contributed by atoms with Crippen LogP contribution in [0.15, 0.2) is 127 Å². The lowest BCUT2D eigenvalue weighted by molar-refractivity contribution is 0.928. The zero-order valence-corrected chi connectivity index (χ0v) is 22.8. The van der Waals surface area contributed by atoms with Gasteiger partial charge in [0.25, 0.3) is 0 Å². The molecule has 198 valence electrons. The first-order chi connectivity index (χ1) is 20.8. The maximum absolute atomic E-state index is 5.12. The zero-order valence-electron chi connectivity index (χ0n) is 22.8. The smallest absolute Gasteiger partial charge is 0.238 e. The fourth-order valence-electron chi connectivity index (χ4n) is 6.54. The van der Waals surface area contributed by atoms with Gasteiger partial charge in [-0.1, -0.05) is 97.1 Å². The standard InChI is InChI=1S/C37H25N5/c1-4-12-24(13-5-1)28-22-23-29-27-18-10-19-30-33(27)34-31(41(28)29)20-11-21-32(34)42(30)37-39-35(25-14-6-2-7-15-25)38-36(40-37)26-16-8-3-9-17-26/h1-2,4-8,10-23H,3,9H2. The molecule has 9 rings (SSSR count). The summed E-state index contributed by atoms with van der Waals surface area (Å²) in [5, 5.41) is 3.66. The highest BCUT2D eigenvalue weighted by Gasteiger charge is 2.23. The summed E-state index contributed by atoms with van der Waals surface area (Å²) in [5.74, 6) is 2.00. The number of allylic oxidation sites excluding steroid dienone is 4.